The van der Waals surface area contributed by atoms with Gasteiger partial charge in [-0.1, -0.05) is 56.7 Å². The van der Waals surface area contributed by atoms with E-state index in [1.807, 2.05) is 22.8 Å². The Bertz CT molecular complexity index is 1210. The number of hydrogen-bond donors (Lipinski definition) is 2. The summed E-state index contributed by atoms with van der Waals surface area (Å²) in [5.74, 6) is 10.1. The highest BCUT2D eigenvalue weighted by Gasteiger charge is 2.30. The topological polar surface area (TPSA) is 75.9 Å². The highest BCUT2D eigenvalue weighted by atomic mass is 16.3. The summed E-state index contributed by atoms with van der Waals surface area (Å²) in [6.07, 6.45) is 12.7. The van der Waals surface area contributed by atoms with Crippen molar-refractivity contribution in [3.8, 4) is 24.2 Å². The van der Waals surface area contributed by atoms with Gasteiger partial charge in [0.25, 0.3) is 0 Å². The van der Waals surface area contributed by atoms with Crippen LogP contribution in [0.15, 0.2) is 30.6 Å². The summed E-state index contributed by atoms with van der Waals surface area (Å²) in [6, 6.07) is 8.18. The maximum absolute atomic E-state index is 10.9. The molecule has 0 amide bonds. The zero-order valence-corrected chi connectivity index (χ0v) is 18.7. The average molecular weight is 428 g/mol. The number of rotatable bonds is 5. The summed E-state index contributed by atoms with van der Waals surface area (Å²) >= 11 is 0. The van der Waals surface area contributed by atoms with Gasteiger partial charge in [-0.2, -0.15) is 0 Å². The van der Waals surface area contributed by atoms with Crippen molar-refractivity contribution in [3.63, 3.8) is 0 Å². The van der Waals surface area contributed by atoms with Gasteiger partial charge in [0.1, 0.15) is 5.60 Å². The molecule has 0 saturated heterocycles. The van der Waals surface area contributed by atoms with Crippen LogP contribution < -0.4 is 5.32 Å². The number of nitrogens with zero attached hydrogens (tertiary/aromatic N) is 4. The van der Waals surface area contributed by atoms with Crippen LogP contribution in [0, 0.1) is 30.1 Å². The number of aryl methyl sites for hydroxylation is 1. The van der Waals surface area contributed by atoms with Crippen molar-refractivity contribution in [2.75, 3.05) is 5.32 Å². The van der Waals surface area contributed by atoms with Crippen molar-refractivity contribution < 1.29 is 5.11 Å². The molecule has 0 spiro atoms. The number of nitrogens with one attached hydrogen (secondary N) is 1. The number of hydrogen-bond acceptors (Lipinski definition) is 5. The van der Waals surface area contributed by atoms with Crippen molar-refractivity contribution in [3.05, 3.63) is 42.0 Å². The van der Waals surface area contributed by atoms with Crippen molar-refractivity contribution in [2.24, 2.45) is 5.92 Å². The SMILES string of the molecule is C#CCn1cnc2c(Nc3ccccc3CCC)nc(C#C[C@]3(O)CCC[C@@H](C)C3)nc21. The van der Waals surface area contributed by atoms with Crippen LogP contribution in [0.5, 0.6) is 0 Å². The minimum absolute atomic E-state index is 0.346. The molecule has 1 aliphatic rings. The van der Waals surface area contributed by atoms with Gasteiger partial charge in [-0.05, 0) is 49.2 Å². The summed E-state index contributed by atoms with van der Waals surface area (Å²) in [5.41, 5.74) is 2.47. The molecule has 32 heavy (non-hydrogen) atoms. The maximum atomic E-state index is 10.9. The smallest absolute Gasteiger partial charge is 0.209 e. The molecular weight excluding hydrogens is 398 g/mol. The van der Waals surface area contributed by atoms with Crippen LogP contribution in [0.2, 0.25) is 0 Å². The number of aromatic nitrogens is 4. The van der Waals surface area contributed by atoms with Crippen LogP contribution in [0.1, 0.15) is 57.3 Å². The summed E-state index contributed by atoms with van der Waals surface area (Å²) in [5, 5.41) is 14.4. The van der Waals surface area contributed by atoms with E-state index in [2.05, 4.69) is 57.9 Å². The molecule has 0 aliphatic heterocycles. The summed E-state index contributed by atoms with van der Waals surface area (Å²) in [4.78, 5) is 13.8. The molecule has 0 radical (unpaired) electrons. The predicted molar refractivity (Wildman–Crippen MR) is 127 cm³/mol. The number of benzene rings is 1. The first-order valence-electron chi connectivity index (χ1n) is 11.3. The summed E-state index contributed by atoms with van der Waals surface area (Å²) in [6.45, 7) is 4.67. The van der Waals surface area contributed by atoms with Crippen molar-refractivity contribution in [1.29, 1.82) is 0 Å². The normalized spacial score (nSPS) is 20.4. The van der Waals surface area contributed by atoms with Gasteiger partial charge < -0.3 is 15.0 Å². The largest absolute Gasteiger partial charge is 0.378 e. The van der Waals surface area contributed by atoms with Crippen LogP contribution in [0.4, 0.5) is 11.5 Å². The standard InChI is InChI=1S/C26H29N5O/c1-4-9-20-11-6-7-12-21(20)28-24-23-25(31(16-5-2)18-27-23)30-22(29-24)13-15-26(32)14-8-10-19(3)17-26/h2,6-7,11-12,18-19,32H,4,8-10,14,16-17H2,1,3H3,(H,28,29,30)/t19-,26-/m1/s1. The monoisotopic (exact) mass is 427 g/mol. The highest BCUT2D eigenvalue weighted by molar-refractivity contribution is 5.86. The Hall–Kier alpha value is -3.35. The zero-order valence-electron chi connectivity index (χ0n) is 18.7. The summed E-state index contributed by atoms with van der Waals surface area (Å²) < 4.78 is 1.81. The summed E-state index contributed by atoms with van der Waals surface area (Å²) in [7, 11) is 0. The molecule has 2 atom stereocenters. The quantitative estimate of drug-likeness (QED) is 0.589. The molecule has 2 N–H and O–H groups in total. The molecular formula is C26H29N5O. The van der Waals surface area contributed by atoms with E-state index >= 15 is 0 Å². The number of para-hydroxylation sites is 1. The van der Waals surface area contributed by atoms with Gasteiger partial charge in [0.15, 0.2) is 17.0 Å². The van der Waals surface area contributed by atoms with Gasteiger partial charge in [-0.15, -0.1) is 6.42 Å². The molecule has 1 aliphatic carbocycles. The lowest BCUT2D eigenvalue weighted by Gasteiger charge is -2.30. The minimum Gasteiger partial charge on any atom is -0.378 e. The first kappa shape index (κ1) is 21.9. The second-order valence-electron chi connectivity index (χ2n) is 8.66. The predicted octanol–water partition coefficient (Wildman–Crippen LogP) is 4.45. The van der Waals surface area contributed by atoms with Gasteiger partial charge >= 0.3 is 0 Å². The van der Waals surface area contributed by atoms with Crippen LogP contribution in [0.25, 0.3) is 11.2 Å². The zero-order chi connectivity index (χ0) is 22.6. The van der Waals surface area contributed by atoms with Crippen LogP contribution in [-0.2, 0) is 13.0 Å². The minimum atomic E-state index is -0.990. The molecule has 4 rings (SSSR count). The van der Waals surface area contributed by atoms with E-state index in [4.69, 9.17) is 6.42 Å². The first-order valence-corrected chi connectivity index (χ1v) is 11.3. The second-order valence-corrected chi connectivity index (χ2v) is 8.66. The highest BCUT2D eigenvalue weighted by Crippen LogP contribution is 2.32. The lowest BCUT2D eigenvalue weighted by molar-refractivity contribution is 0.0410. The molecule has 164 valence electrons. The Labute approximate surface area is 189 Å². The Morgan fingerprint density at radius 3 is 2.94 bits per heavy atom. The van der Waals surface area contributed by atoms with Crippen LogP contribution >= 0.6 is 0 Å². The van der Waals surface area contributed by atoms with E-state index in [1.165, 1.54) is 5.56 Å². The van der Waals surface area contributed by atoms with E-state index in [0.717, 1.165) is 31.4 Å². The fourth-order valence-electron chi connectivity index (χ4n) is 4.37. The molecule has 2 heterocycles. The fraction of sp³-hybridized carbons (Fsp3) is 0.423. The third kappa shape index (κ3) is 4.77. The second kappa shape index (κ2) is 9.42. The van der Waals surface area contributed by atoms with E-state index in [0.29, 0.717) is 48.1 Å². The number of terminal acetylenes is 1. The van der Waals surface area contributed by atoms with Gasteiger partial charge in [0, 0.05) is 5.69 Å². The average Bonchev–Trinajstić information content (AvgIpc) is 3.17. The molecule has 1 aromatic carbocycles. The molecule has 0 bridgehead atoms. The van der Waals surface area contributed by atoms with E-state index in [-0.39, 0.29) is 0 Å². The van der Waals surface area contributed by atoms with Crippen molar-refractivity contribution in [1.82, 2.24) is 19.5 Å². The Balaban J connectivity index is 1.76. The lowest BCUT2D eigenvalue weighted by Crippen LogP contribution is -2.32. The van der Waals surface area contributed by atoms with Crippen molar-refractivity contribution in [2.45, 2.75) is 64.5 Å². The first-order chi connectivity index (χ1) is 15.5. The number of imidazole rings is 1. The molecule has 1 fully saturated rings. The van der Waals surface area contributed by atoms with Crippen molar-refractivity contribution >= 4 is 22.7 Å². The van der Waals surface area contributed by atoms with E-state index < -0.39 is 5.60 Å². The third-order valence-corrected chi connectivity index (χ3v) is 5.90. The Morgan fingerprint density at radius 1 is 1.31 bits per heavy atom. The fourth-order valence-corrected chi connectivity index (χ4v) is 4.37. The number of fused-ring (bicyclic) bond motifs is 1. The van der Waals surface area contributed by atoms with Gasteiger partial charge in [0.2, 0.25) is 5.82 Å². The molecule has 3 aromatic rings. The Kier molecular flexibility index (Phi) is 6.44. The van der Waals surface area contributed by atoms with Gasteiger partial charge in [0.05, 0.1) is 12.9 Å². The number of aliphatic hydroxyl groups is 1. The van der Waals surface area contributed by atoms with Gasteiger partial charge in [-0.3, -0.25) is 0 Å². The van der Waals surface area contributed by atoms with E-state index in [1.54, 1.807) is 6.33 Å². The maximum Gasteiger partial charge on any atom is 0.209 e. The number of anilines is 2. The molecule has 2 aromatic heterocycles. The third-order valence-electron chi connectivity index (χ3n) is 5.90. The van der Waals surface area contributed by atoms with E-state index in [9.17, 15) is 5.11 Å². The lowest BCUT2D eigenvalue weighted by atomic mass is 9.79. The van der Waals surface area contributed by atoms with Crippen LogP contribution in [0.3, 0.4) is 0 Å². The molecule has 0 unspecified atom stereocenters. The molecule has 1 saturated carbocycles. The Morgan fingerprint density at radius 2 is 2.16 bits per heavy atom. The van der Waals surface area contributed by atoms with Crippen LogP contribution in [-0.4, -0.2) is 30.2 Å². The van der Waals surface area contributed by atoms with Gasteiger partial charge in [-0.25, -0.2) is 15.0 Å². The molecule has 6 nitrogen and oxygen atoms in total. The molecule has 6 heteroatoms.